The van der Waals surface area contributed by atoms with Gasteiger partial charge in [-0.25, -0.2) is 4.79 Å². The molecule has 8 heteroatoms. The van der Waals surface area contributed by atoms with Crippen molar-refractivity contribution in [2.45, 2.75) is 95.5 Å². The van der Waals surface area contributed by atoms with Crippen LogP contribution in [0, 0.1) is 0 Å². The number of hydrogen-bond acceptors (Lipinski definition) is 5. The van der Waals surface area contributed by atoms with Crippen molar-refractivity contribution in [3.05, 3.63) is 42.0 Å². The zero-order valence-electron chi connectivity index (χ0n) is 21.1. The zero-order chi connectivity index (χ0) is 25.6. The van der Waals surface area contributed by atoms with Crippen molar-refractivity contribution in [3.8, 4) is 0 Å². The molecule has 192 valence electrons. The highest BCUT2D eigenvalue weighted by molar-refractivity contribution is 5.92. The minimum absolute atomic E-state index is 0.0750. The Balaban J connectivity index is 1.91. The van der Waals surface area contributed by atoms with Crippen LogP contribution >= 0.6 is 0 Å². The second-order valence-corrected chi connectivity index (χ2v) is 10.5. The van der Waals surface area contributed by atoms with E-state index >= 15 is 0 Å². The average molecular weight is 486 g/mol. The van der Waals surface area contributed by atoms with E-state index in [0.717, 1.165) is 44.1 Å². The Morgan fingerprint density at radius 3 is 2.43 bits per heavy atom. The van der Waals surface area contributed by atoms with Crippen LogP contribution in [0.25, 0.3) is 6.08 Å². The second-order valence-electron chi connectivity index (χ2n) is 10.5. The van der Waals surface area contributed by atoms with Gasteiger partial charge in [0.05, 0.1) is 6.61 Å². The quantitative estimate of drug-likeness (QED) is 0.494. The van der Waals surface area contributed by atoms with Crippen molar-refractivity contribution in [2.75, 3.05) is 6.61 Å². The lowest BCUT2D eigenvalue weighted by Crippen LogP contribution is -2.55. The van der Waals surface area contributed by atoms with Crippen LogP contribution in [0.4, 0.5) is 4.79 Å². The smallest absolute Gasteiger partial charge is 0.408 e. The van der Waals surface area contributed by atoms with Crippen LogP contribution in [0.15, 0.2) is 30.8 Å². The van der Waals surface area contributed by atoms with Crippen molar-refractivity contribution in [3.63, 3.8) is 0 Å². The average Bonchev–Trinajstić information content (AvgIpc) is 3.65. The van der Waals surface area contributed by atoms with E-state index < -0.39 is 36.3 Å². The van der Waals surface area contributed by atoms with E-state index in [1.807, 2.05) is 24.3 Å². The fourth-order valence-corrected chi connectivity index (χ4v) is 4.51. The fraction of sp³-hybridized carbons (Fsp3) is 0.593. The van der Waals surface area contributed by atoms with Crippen LogP contribution in [-0.2, 0) is 14.3 Å². The Bertz CT molecular complexity index is 916. The Hall–Kier alpha value is -2.87. The highest BCUT2D eigenvalue weighted by Crippen LogP contribution is 2.36. The van der Waals surface area contributed by atoms with Gasteiger partial charge in [-0.15, -0.1) is 0 Å². The molecule has 3 amide bonds. The van der Waals surface area contributed by atoms with Crippen LogP contribution in [0.5, 0.6) is 0 Å². The minimum Gasteiger partial charge on any atom is -0.444 e. The fourth-order valence-electron chi connectivity index (χ4n) is 4.51. The van der Waals surface area contributed by atoms with Crippen LogP contribution < -0.4 is 10.6 Å². The van der Waals surface area contributed by atoms with Gasteiger partial charge in [-0.1, -0.05) is 50.1 Å². The molecule has 8 nitrogen and oxygen atoms in total. The van der Waals surface area contributed by atoms with Crippen molar-refractivity contribution < 1.29 is 24.2 Å². The van der Waals surface area contributed by atoms with Gasteiger partial charge in [0.25, 0.3) is 0 Å². The normalized spacial score (nSPS) is 18.2. The lowest BCUT2D eigenvalue weighted by molar-refractivity contribution is -0.144. The van der Waals surface area contributed by atoms with Crippen molar-refractivity contribution in [1.82, 2.24) is 15.5 Å². The molecule has 2 aliphatic carbocycles. The molecule has 3 N–H and O–H groups in total. The molecule has 1 aromatic rings. The van der Waals surface area contributed by atoms with Gasteiger partial charge in [0, 0.05) is 12.1 Å². The van der Waals surface area contributed by atoms with E-state index in [9.17, 15) is 19.5 Å². The predicted molar refractivity (Wildman–Crippen MR) is 134 cm³/mol. The Kier molecular flexibility index (Phi) is 8.94. The number of alkyl carbamates (subject to hydrolysis) is 1. The zero-order valence-corrected chi connectivity index (χ0v) is 21.1. The highest BCUT2D eigenvalue weighted by Gasteiger charge is 2.44. The maximum absolute atomic E-state index is 13.7. The van der Waals surface area contributed by atoms with Crippen LogP contribution in [0.2, 0.25) is 0 Å². The summed E-state index contributed by atoms with van der Waals surface area (Å²) >= 11 is 0. The van der Waals surface area contributed by atoms with E-state index in [0.29, 0.717) is 5.56 Å². The van der Waals surface area contributed by atoms with E-state index in [1.54, 1.807) is 31.7 Å². The Morgan fingerprint density at radius 1 is 1.17 bits per heavy atom. The maximum atomic E-state index is 13.7. The van der Waals surface area contributed by atoms with Crippen molar-refractivity contribution in [1.29, 1.82) is 0 Å². The van der Waals surface area contributed by atoms with Gasteiger partial charge in [0.15, 0.2) is 0 Å². The molecule has 0 spiro atoms. The van der Waals surface area contributed by atoms with E-state index in [4.69, 9.17) is 4.74 Å². The third kappa shape index (κ3) is 7.56. The number of rotatable bonds is 9. The SMILES string of the molecule is C=Cc1cccc(C(C(=O)NC2CCCCC2)N(C(=O)C(CO)NC(=O)OC(C)(C)C)C2CC2)c1. The van der Waals surface area contributed by atoms with Crippen molar-refractivity contribution in [2.24, 2.45) is 0 Å². The lowest BCUT2D eigenvalue weighted by atomic mass is 9.94. The summed E-state index contributed by atoms with van der Waals surface area (Å²) in [5.74, 6) is -0.749. The monoisotopic (exact) mass is 485 g/mol. The van der Waals surface area contributed by atoms with Gasteiger partial charge in [-0.2, -0.15) is 0 Å². The first-order valence-corrected chi connectivity index (χ1v) is 12.6. The van der Waals surface area contributed by atoms with Gasteiger partial charge in [-0.05, 0) is 63.6 Å². The number of carbonyl (C=O) groups is 3. The highest BCUT2D eigenvalue weighted by atomic mass is 16.6. The van der Waals surface area contributed by atoms with Gasteiger partial charge in [0.2, 0.25) is 11.8 Å². The van der Waals surface area contributed by atoms with Gasteiger partial charge in [0.1, 0.15) is 17.7 Å². The summed E-state index contributed by atoms with van der Waals surface area (Å²) in [6, 6.07) is 5.23. The summed E-state index contributed by atoms with van der Waals surface area (Å²) in [6.45, 7) is 8.38. The molecule has 2 aliphatic rings. The van der Waals surface area contributed by atoms with Crippen LogP contribution in [0.1, 0.15) is 82.9 Å². The summed E-state index contributed by atoms with van der Waals surface area (Å²) in [6.07, 6.45) is 7.55. The van der Waals surface area contributed by atoms with E-state index in [1.165, 1.54) is 6.42 Å². The second kappa shape index (κ2) is 11.7. The first-order chi connectivity index (χ1) is 16.6. The number of nitrogens with zero attached hydrogens (tertiary/aromatic N) is 1. The minimum atomic E-state index is -1.22. The molecule has 1 aromatic carbocycles. The summed E-state index contributed by atoms with van der Waals surface area (Å²) in [4.78, 5) is 41.3. The summed E-state index contributed by atoms with van der Waals surface area (Å²) in [7, 11) is 0. The van der Waals surface area contributed by atoms with Crippen LogP contribution in [0.3, 0.4) is 0 Å². The molecule has 2 saturated carbocycles. The summed E-state index contributed by atoms with van der Waals surface area (Å²) < 4.78 is 5.28. The predicted octanol–water partition coefficient (Wildman–Crippen LogP) is 3.70. The summed E-state index contributed by atoms with van der Waals surface area (Å²) in [5.41, 5.74) is 0.758. The molecular weight excluding hydrogens is 446 g/mol. The van der Waals surface area contributed by atoms with E-state index in [-0.39, 0.29) is 18.0 Å². The maximum Gasteiger partial charge on any atom is 0.408 e. The third-order valence-electron chi connectivity index (χ3n) is 6.31. The van der Waals surface area contributed by atoms with Gasteiger partial charge in [-0.3, -0.25) is 9.59 Å². The molecule has 0 heterocycles. The molecule has 0 aromatic heterocycles. The molecule has 2 atom stereocenters. The molecule has 0 radical (unpaired) electrons. The molecule has 35 heavy (non-hydrogen) atoms. The van der Waals surface area contributed by atoms with Crippen molar-refractivity contribution >= 4 is 24.0 Å². The lowest BCUT2D eigenvalue weighted by Gasteiger charge is -2.35. The third-order valence-corrected chi connectivity index (χ3v) is 6.31. The van der Waals surface area contributed by atoms with Gasteiger partial charge >= 0.3 is 6.09 Å². The van der Waals surface area contributed by atoms with E-state index in [2.05, 4.69) is 17.2 Å². The molecule has 0 bridgehead atoms. The number of aliphatic hydroxyl groups excluding tert-OH is 1. The number of benzene rings is 1. The molecule has 0 saturated heterocycles. The summed E-state index contributed by atoms with van der Waals surface area (Å²) in [5, 5.41) is 15.7. The molecule has 2 unspecified atom stereocenters. The standard InChI is InChI=1S/C27H39N3O5/c1-5-18-10-9-11-19(16-18)23(24(32)28-20-12-7-6-8-13-20)30(21-14-15-21)25(33)22(17-31)29-26(34)35-27(2,3)4/h5,9-11,16,20-23,31H,1,6-8,12-15,17H2,2-4H3,(H,28,32)(H,29,34). The Morgan fingerprint density at radius 2 is 1.86 bits per heavy atom. The molecular formula is C27H39N3O5. The van der Waals surface area contributed by atoms with Crippen LogP contribution in [-0.4, -0.2) is 58.2 Å². The first kappa shape index (κ1) is 26.7. The number of amides is 3. The number of aliphatic hydroxyl groups is 1. The van der Waals surface area contributed by atoms with Gasteiger partial charge < -0.3 is 25.4 Å². The first-order valence-electron chi connectivity index (χ1n) is 12.6. The topological polar surface area (TPSA) is 108 Å². The number of nitrogens with one attached hydrogen (secondary N) is 2. The Labute approximate surface area is 208 Å². The number of carbonyl (C=O) groups excluding carboxylic acids is 3. The molecule has 2 fully saturated rings. The number of ether oxygens (including phenoxy) is 1. The molecule has 3 rings (SSSR count). The molecule has 0 aliphatic heterocycles. The number of hydrogen-bond donors (Lipinski definition) is 3. The largest absolute Gasteiger partial charge is 0.444 e.